The van der Waals surface area contributed by atoms with Crippen LogP contribution in [-0.4, -0.2) is 40.2 Å². The molecule has 1 fully saturated rings. The molecule has 1 aromatic heterocycles. The molecule has 4 rings (SSSR count). The minimum atomic E-state index is -0.657. The molecular formula is C24H27N3O4. The van der Waals surface area contributed by atoms with E-state index in [1.807, 2.05) is 37.3 Å². The first-order valence-corrected chi connectivity index (χ1v) is 10.7. The molecular weight excluding hydrogens is 394 g/mol. The SMILES string of the molecule is Cc1ccc(N2C(=O)N(CC(=O)N(Cc3ccco3)C3=CCCCC3)C(=O)[C@@H]2C)cc1. The summed E-state index contributed by atoms with van der Waals surface area (Å²) in [7, 11) is 0. The second-order valence-corrected chi connectivity index (χ2v) is 8.09. The normalized spacial score (nSPS) is 19.0. The first-order chi connectivity index (χ1) is 15.0. The van der Waals surface area contributed by atoms with Crippen LogP contribution in [0.25, 0.3) is 0 Å². The molecule has 31 heavy (non-hydrogen) atoms. The molecule has 2 heterocycles. The molecule has 0 unspecified atom stereocenters. The summed E-state index contributed by atoms with van der Waals surface area (Å²) >= 11 is 0. The van der Waals surface area contributed by atoms with Crippen molar-refractivity contribution < 1.29 is 18.8 Å². The van der Waals surface area contributed by atoms with Crippen molar-refractivity contribution >= 4 is 23.5 Å². The van der Waals surface area contributed by atoms with Crippen molar-refractivity contribution in [2.75, 3.05) is 11.4 Å². The molecule has 7 heteroatoms. The van der Waals surface area contributed by atoms with E-state index in [1.165, 1.54) is 4.90 Å². The van der Waals surface area contributed by atoms with Crippen molar-refractivity contribution in [3.8, 4) is 0 Å². The van der Waals surface area contributed by atoms with Gasteiger partial charge in [0.1, 0.15) is 18.3 Å². The van der Waals surface area contributed by atoms with Crippen LogP contribution in [-0.2, 0) is 16.1 Å². The lowest BCUT2D eigenvalue weighted by Crippen LogP contribution is -2.43. The number of carbonyl (C=O) groups excluding carboxylic acids is 3. The molecule has 2 aliphatic rings. The Morgan fingerprint density at radius 2 is 1.94 bits per heavy atom. The molecule has 0 saturated carbocycles. The number of urea groups is 1. The second-order valence-electron chi connectivity index (χ2n) is 8.09. The van der Waals surface area contributed by atoms with Gasteiger partial charge in [-0.15, -0.1) is 0 Å². The summed E-state index contributed by atoms with van der Waals surface area (Å²) in [6.07, 6.45) is 7.45. The Morgan fingerprint density at radius 1 is 1.16 bits per heavy atom. The number of allylic oxidation sites excluding steroid dienone is 2. The van der Waals surface area contributed by atoms with Gasteiger partial charge in [0.15, 0.2) is 0 Å². The third kappa shape index (κ3) is 4.26. The summed E-state index contributed by atoms with van der Waals surface area (Å²) in [5.41, 5.74) is 2.64. The Bertz CT molecular complexity index is 994. The minimum absolute atomic E-state index is 0.283. The first-order valence-electron chi connectivity index (χ1n) is 10.7. The van der Waals surface area contributed by atoms with Crippen LogP contribution in [0.2, 0.25) is 0 Å². The third-order valence-corrected chi connectivity index (χ3v) is 5.86. The molecule has 0 spiro atoms. The number of rotatable bonds is 6. The number of benzene rings is 1. The zero-order valence-electron chi connectivity index (χ0n) is 17.9. The van der Waals surface area contributed by atoms with Crippen molar-refractivity contribution in [3.05, 3.63) is 65.8 Å². The standard InChI is InChI=1S/C24H27N3O4/c1-17-10-12-20(13-11-17)27-18(2)23(29)26(24(27)30)16-22(28)25(15-21-9-6-14-31-21)19-7-4-3-5-8-19/h6-7,9-14,18H,3-5,8,15-16H2,1-2H3/t18-/m0/s1. The molecule has 0 bridgehead atoms. The van der Waals surface area contributed by atoms with Crippen LogP contribution in [0.5, 0.6) is 0 Å². The van der Waals surface area contributed by atoms with Crippen LogP contribution in [0.4, 0.5) is 10.5 Å². The molecule has 4 amide bonds. The highest BCUT2D eigenvalue weighted by Gasteiger charge is 2.44. The number of hydrogen-bond donors (Lipinski definition) is 0. The Hall–Kier alpha value is -3.35. The number of furan rings is 1. The number of imide groups is 1. The summed E-state index contributed by atoms with van der Waals surface area (Å²) in [5, 5.41) is 0. The Labute approximate surface area is 181 Å². The van der Waals surface area contributed by atoms with Crippen LogP contribution in [0.3, 0.4) is 0 Å². The maximum atomic E-state index is 13.3. The molecule has 0 N–H and O–H groups in total. The van der Waals surface area contributed by atoms with E-state index >= 15 is 0 Å². The molecule has 0 radical (unpaired) electrons. The van der Waals surface area contributed by atoms with E-state index in [2.05, 4.69) is 6.08 Å². The molecule has 162 valence electrons. The van der Waals surface area contributed by atoms with Crippen LogP contribution in [0.1, 0.15) is 43.9 Å². The Morgan fingerprint density at radius 3 is 2.58 bits per heavy atom. The van der Waals surface area contributed by atoms with E-state index in [1.54, 1.807) is 24.2 Å². The van der Waals surface area contributed by atoms with Crippen LogP contribution in [0.15, 0.2) is 58.9 Å². The van der Waals surface area contributed by atoms with E-state index in [9.17, 15) is 14.4 Å². The van der Waals surface area contributed by atoms with Gasteiger partial charge in [0.05, 0.1) is 12.8 Å². The first kappa shape index (κ1) is 20.9. The van der Waals surface area contributed by atoms with Crippen molar-refractivity contribution in [2.45, 2.75) is 52.1 Å². The lowest BCUT2D eigenvalue weighted by molar-refractivity contribution is -0.136. The maximum Gasteiger partial charge on any atom is 0.332 e. The fourth-order valence-corrected chi connectivity index (χ4v) is 4.11. The van der Waals surface area contributed by atoms with Gasteiger partial charge in [-0.1, -0.05) is 23.8 Å². The van der Waals surface area contributed by atoms with E-state index in [0.717, 1.165) is 41.8 Å². The topological polar surface area (TPSA) is 74.1 Å². The lowest BCUT2D eigenvalue weighted by Gasteiger charge is -2.28. The minimum Gasteiger partial charge on any atom is -0.467 e. The van der Waals surface area contributed by atoms with Crippen LogP contribution >= 0.6 is 0 Å². The van der Waals surface area contributed by atoms with Gasteiger partial charge in [-0.2, -0.15) is 0 Å². The number of anilines is 1. The maximum absolute atomic E-state index is 13.3. The van der Waals surface area contributed by atoms with Gasteiger partial charge < -0.3 is 9.32 Å². The van der Waals surface area contributed by atoms with E-state index in [0.29, 0.717) is 11.4 Å². The highest BCUT2D eigenvalue weighted by atomic mass is 16.3. The summed E-state index contributed by atoms with van der Waals surface area (Å²) < 4.78 is 5.44. The Kier molecular flexibility index (Phi) is 5.93. The van der Waals surface area contributed by atoms with Crippen molar-refractivity contribution in [1.82, 2.24) is 9.80 Å². The molecule has 1 aliphatic carbocycles. The van der Waals surface area contributed by atoms with Crippen molar-refractivity contribution in [3.63, 3.8) is 0 Å². The highest BCUT2D eigenvalue weighted by Crippen LogP contribution is 2.28. The van der Waals surface area contributed by atoms with E-state index in [-0.39, 0.29) is 24.9 Å². The summed E-state index contributed by atoms with van der Waals surface area (Å²) in [4.78, 5) is 43.4. The van der Waals surface area contributed by atoms with Crippen molar-refractivity contribution in [2.24, 2.45) is 0 Å². The van der Waals surface area contributed by atoms with Crippen molar-refractivity contribution in [1.29, 1.82) is 0 Å². The molecule has 1 saturated heterocycles. The number of hydrogen-bond acceptors (Lipinski definition) is 4. The third-order valence-electron chi connectivity index (χ3n) is 5.86. The van der Waals surface area contributed by atoms with Crippen LogP contribution < -0.4 is 4.90 Å². The highest BCUT2D eigenvalue weighted by molar-refractivity contribution is 6.15. The number of carbonyl (C=O) groups is 3. The fraction of sp³-hybridized carbons (Fsp3) is 0.375. The van der Waals surface area contributed by atoms with Gasteiger partial charge in [-0.3, -0.25) is 19.4 Å². The quantitative estimate of drug-likeness (QED) is 0.654. The number of nitrogens with zero attached hydrogens (tertiary/aromatic N) is 3. The predicted octanol–water partition coefficient (Wildman–Crippen LogP) is 4.23. The second kappa shape index (κ2) is 8.79. The summed E-state index contributed by atoms with van der Waals surface area (Å²) in [6.45, 7) is 3.64. The fourth-order valence-electron chi connectivity index (χ4n) is 4.11. The molecule has 1 aromatic carbocycles. The monoisotopic (exact) mass is 421 g/mol. The van der Waals surface area contributed by atoms with Gasteiger partial charge >= 0.3 is 6.03 Å². The molecule has 1 aliphatic heterocycles. The molecule has 2 aromatic rings. The van der Waals surface area contributed by atoms with Crippen LogP contribution in [0, 0.1) is 6.92 Å². The largest absolute Gasteiger partial charge is 0.467 e. The number of aryl methyl sites for hydroxylation is 1. The summed E-state index contributed by atoms with van der Waals surface area (Å²) in [5.74, 6) is 0.00671. The van der Waals surface area contributed by atoms with Gasteiger partial charge in [0, 0.05) is 11.4 Å². The van der Waals surface area contributed by atoms with Gasteiger partial charge in [0.2, 0.25) is 5.91 Å². The van der Waals surface area contributed by atoms with Gasteiger partial charge in [-0.05, 0) is 63.8 Å². The Balaban J connectivity index is 1.54. The zero-order valence-corrected chi connectivity index (χ0v) is 17.9. The van der Waals surface area contributed by atoms with E-state index in [4.69, 9.17) is 4.42 Å². The summed E-state index contributed by atoms with van der Waals surface area (Å²) in [6, 6.07) is 9.90. The number of amides is 4. The zero-order chi connectivity index (χ0) is 22.0. The predicted molar refractivity (Wildman–Crippen MR) is 116 cm³/mol. The smallest absolute Gasteiger partial charge is 0.332 e. The van der Waals surface area contributed by atoms with E-state index < -0.39 is 12.1 Å². The average Bonchev–Trinajstić information content (AvgIpc) is 3.36. The lowest BCUT2D eigenvalue weighted by atomic mass is 10.0. The molecule has 1 atom stereocenters. The van der Waals surface area contributed by atoms with Gasteiger partial charge in [-0.25, -0.2) is 4.79 Å². The van der Waals surface area contributed by atoms with Gasteiger partial charge in [0.25, 0.3) is 5.91 Å². The average molecular weight is 421 g/mol. The molecule has 7 nitrogen and oxygen atoms in total.